The highest BCUT2D eigenvalue weighted by Gasteiger charge is 2.08. The second-order valence-electron chi connectivity index (χ2n) is 3.57. The van der Waals surface area contributed by atoms with Crippen molar-refractivity contribution in [2.75, 3.05) is 6.61 Å². The van der Waals surface area contributed by atoms with Crippen LogP contribution in [0.4, 0.5) is 0 Å². The van der Waals surface area contributed by atoms with Gasteiger partial charge in [-0.3, -0.25) is 4.79 Å². The van der Waals surface area contributed by atoms with Gasteiger partial charge in [0.15, 0.2) is 0 Å². The first-order chi connectivity index (χ1) is 8.17. The summed E-state index contributed by atoms with van der Waals surface area (Å²) in [5.41, 5.74) is 1.97. The molecule has 0 N–H and O–H groups in total. The molecule has 0 aliphatic heterocycles. The summed E-state index contributed by atoms with van der Waals surface area (Å²) in [5.74, 6) is -0.231. The number of hydrogen-bond donors (Lipinski definition) is 0. The van der Waals surface area contributed by atoms with Gasteiger partial charge in [-0.05, 0) is 30.5 Å². The maximum absolute atomic E-state index is 11.4. The molecule has 0 amide bonds. The van der Waals surface area contributed by atoms with E-state index < -0.39 is 0 Å². The summed E-state index contributed by atoms with van der Waals surface area (Å²) in [5, 5.41) is 8.53. The quantitative estimate of drug-likeness (QED) is 0.785. The number of halogens is 1. The van der Waals surface area contributed by atoms with Crippen LogP contribution in [-0.2, 0) is 22.4 Å². The highest BCUT2D eigenvalue weighted by molar-refractivity contribution is 9.10. The average molecular weight is 296 g/mol. The molecule has 0 bridgehead atoms. The fourth-order valence-corrected chi connectivity index (χ4v) is 1.87. The molecule has 90 valence electrons. The standard InChI is InChI=1S/C13H14BrNO2/c1-2-17-13(16)9-11-8-10(4-3-7-15)5-6-12(11)14/h5-6,8H,2-4,9H2,1H3. The number of esters is 1. The highest BCUT2D eigenvalue weighted by Crippen LogP contribution is 2.20. The van der Waals surface area contributed by atoms with Crippen molar-refractivity contribution in [2.24, 2.45) is 0 Å². The normalized spacial score (nSPS) is 9.71. The van der Waals surface area contributed by atoms with Gasteiger partial charge in [-0.1, -0.05) is 28.1 Å². The molecule has 0 heterocycles. The van der Waals surface area contributed by atoms with Gasteiger partial charge in [0.05, 0.1) is 19.1 Å². The third kappa shape index (κ3) is 4.58. The molecule has 0 saturated carbocycles. The van der Waals surface area contributed by atoms with Crippen LogP contribution in [0, 0.1) is 11.3 Å². The number of ether oxygens (including phenoxy) is 1. The van der Waals surface area contributed by atoms with Crippen molar-refractivity contribution in [3.05, 3.63) is 33.8 Å². The molecule has 0 radical (unpaired) electrons. The Labute approximate surface area is 110 Å². The van der Waals surface area contributed by atoms with E-state index in [0.29, 0.717) is 19.4 Å². The lowest BCUT2D eigenvalue weighted by molar-refractivity contribution is -0.142. The minimum atomic E-state index is -0.231. The largest absolute Gasteiger partial charge is 0.466 e. The van der Waals surface area contributed by atoms with E-state index >= 15 is 0 Å². The Morgan fingerprint density at radius 1 is 1.53 bits per heavy atom. The number of benzene rings is 1. The predicted molar refractivity (Wildman–Crippen MR) is 68.4 cm³/mol. The molecule has 0 atom stereocenters. The van der Waals surface area contributed by atoms with E-state index in [0.717, 1.165) is 15.6 Å². The maximum atomic E-state index is 11.4. The van der Waals surface area contributed by atoms with Crippen LogP contribution < -0.4 is 0 Å². The fraction of sp³-hybridized carbons (Fsp3) is 0.385. The second kappa shape index (κ2) is 7.08. The summed E-state index contributed by atoms with van der Waals surface area (Å²) in [7, 11) is 0. The summed E-state index contributed by atoms with van der Waals surface area (Å²) < 4.78 is 5.80. The molecule has 0 aliphatic carbocycles. The van der Waals surface area contributed by atoms with E-state index in [1.54, 1.807) is 6.92 Å². The van der Waals surface area contributed by atoms with Crippen LogP contribution in [-0.4, -0.2) is 12.6 Å². The number of rotatable bonds is 5. The lowest BCUT2D eigenvalue weighted by Gasteiger charge is -2.07. The van der Waals surface area contributed by atoms with E-state index in [2.05, 4.69) is 22.0 Å². The Balaban J connectivity index is 2.76. The molecule has 0 spiro atoms. The first kappa shape index (κ1) is 13.7. The summed E-state index contributed by atoms with van der Waals surface area (Å²) in [6, 6.07) is 7.91. The topological polar surface area (TPSA) is 50.1 Å². The Morgan fingerprint density at radius 2 is 2.29 bits per heavy atom. The zero-order valence-corrected chi connectivity index (χ0v) is 11.3. The van der Waals surface area contributed by atoms with Crippen LogP contribution in [0.25, 0.3) is 0 Å². The highest BCUT2D eigenvalue weighted by atomic mass is 79.9. The van der Waals surface area contributed by atoms with Gasteiger partial charge in [-0.25, -0.2) is 0 Å². The molecule has 0 saturated heterocycles. The van der Waals surface area contributed by atoms with E-state index in [1.165, 1.54) is 0 Å². The third-order valence-electron chi connectivity index (χ3n) is 2.28. The molecule has 4 heteroatoms. The van der Waals surface area contributed by atoms with Gasteiger partial charge >= 0.3 is 5.97 Å². The molecule has 1 aromatic rings. The summed E-state index contributed by atoms with van der Waals surface area (Å²) >= 11 is 3.41. The zero-order valence-electron chi connectivity index (χ0n) is 9.70. The van der Waals surface area contributed by atoms with E-state index in [1.807, 2.05) is 18.2 Å². The minimum absolute atomic E-state index is 0.231. The zero-order chi connectivity index (χ0) is 12.7. The summed E-state index contributed by atoms with van der Waals surface area (Å²) in [4.78, 5) is 11.4. The molecule has 0 unspecified atom stereocenters. The van der Waals surface area contributed by atoms with Crippen molar-refractivity contribution >= 4 is 21.9 Å². The smallest absolute Gasteiger partial charge is 0.310 e. The van der Waals surface area contributed by atoms with Crippen molar-refractivity contribution in [1.82, 2.24) is 0 Å². The number of nitrogens with zero attached hydrogens (tertiary/aromatic N) is 1. The Hall–Kier alpha value is -1.34. The van der Waals surface area contributed by atoms with Gasteiger partial charge in [0.2, 0.25) is 0 Å². The molecular weight excluding hydrogens is 282 g/mol. The van der Waals surface area contributed by atoms with Crippen LogP contribution >= 0.6 is 15.9 Å². The number of hydrogen-bond acceptors (Lipinski definition) is 3. The molecule has 0 aromatic heterocycles. The van der Waals surface area contributed by atoms with Crippen LogP contribution in [0.15, 0.2) is 22.7 Å². The third-order valence-corrected chi connectivity index (χ3v) is 3.05. The van der Waals surface area contributed by atoms with Crippen LogP contribution in [0.2, 0.25) is 0 Å². The van der Waals surface area contributed by atoms with E-state index in [9.17, 15) is 4.79 Å². The van der Waals surface area contributed by atoms with Crippen molar-refractivity contribution in [3.63, 3.8) is 0 Å². The monoisotopic (exact) mass is 295 g/mol. The van der Waals surface area contributed by atoms with Gasteiger partial charge in [-0.15, -0.1) is 0 Å². The summed E-state index contributed by atoms with van der Waals surface area (Å²) in [6.45, 7) is 2.18. The SMILES string of the molecule is CCOC(=O)Cc1cc(CCC#N)ccc1Br. The van der Waals surface area contributed by atoms with Crippen molar-refractivity contribution < 1.29 is 9.53 Å². The van der Waals surface area contributed by atoms with Gasteiger partial charge in [0.1, 0.15) is 0 Å². The molecule has 1 aromatic carbocycles. The minimum Gasteiger partial charge on any atom is -0.466 e. The van der Waals surface area contributed by atoms with Crippen LogP contribution in [0.1, 0.15) is 24.5 Å². The lowest BCUT2D eigenvalue weighted by Crippen LogP contribution is -2.08. The van der Waals surface area contributed by atoms with E-state index in [4.69, 9.17) is 10.00 Å². The maximum Gasteiger partial charge on any atom is 0.310 e. The molecular formula is C13H14BrNO2. The molecule has 17 heavy (non-hydrogen) atoms. The molecule has 0 aliphatic rings. The Kier molecular flexibility index (Phi) is 5.71. The van der Waals surface area contributed by atoms with Gasteiger partial charge in [-0.2, -0.15) is 5.26 Å². The van der Waals surface area contributed by atoms with Crippen molar-refractivity contribution in [3.8, 4) is 6.07 Å². The Morgan fingerprint density at radius 3 is 2.94 bits per heavy atom. The van der Waals surface area contributed by atoms with E-state index in [-0.39, 0.29) is 12.4 Å². The molecule has 0 fully saturated rings. The molecule has 1 rings (SSSR count). The van der Waals surface area contributed by atoms with Gasteiger partial charge in [0, 0.05) is 10.9 Å². The second-order valence-corrected chi connectivity index (χ2v) is 4.42. The Bertz CT molecular complexity index is 438. The van der Waals surface area contributed by atoms with Gasteiger partial charge < -0.3 is 4.74 Å². The van der Waals surface area contributed by atoms with Gasteiger partial charge in [0.25, 0.3) is 0 Å². The number of carbonyl (C=O) groups excluding carboxylic acids is 1. The number of nitriles is 1. The molecule has 3 nitrogen and oxygen atoms in total. The van der Waals surface area contributed by atoms with Crippen molar-refractivity contribution in [2.45, 2.75) is 26.2 Å². The lowest BCUT2D eigenvalue weighted by atomic mass is 10.0. The predicted octanol–water partition coefficient (Wildman–Crippen LogP) is 3.01. The number of aryl methyl sites for hydroxylation is 1. The first-order valence-electron chi connectivity index (χ1n) is 5.47. The first-order valence-corrected chi connectivity index (χ1v) is 6.26. The summed E-state index contributed by atoms with van der Waals surface area (Å²) in [6.07, 6.45) is 1.45. The fourth-order valence-electron chi connectivity index (χ4n) is 1.49. The van der Waals surface area contributed by atoms with Crippen molar-refractivity contribution in [1.29, 1.82) is 5.26 Å². The average Bonchev–Trinajstić information content (AvgIpc) is 2.30. The number of carbonyl (C=O) groups is 1. The van der Waals surface area contributed by atoms with Crippen LogP contribution in [0.3, 0.4) is 0 Å². The van der Waals surface area contributed by atoms with Crippen LogP contribution in [0.5, 0.6) is 0 Å².